The molecule has 7 nitrogen and oxygen atoms in total. The molecule has 2 aliphatic heterocycles. The largest absolute Gasteiger partial charge is 0.353 e. The van der Waals surface area contributed by atoms with Gasteiger partial charge in [-0.25, -0.2) is 4.79 Å². The van der Waals surface area contributed by atoms with Crippen LogP contribution in [0.4, 0.5) is 4.79 Å². The van der Waals surface area contributed by atoms with Crippen molar-refractivity contribution < 1.29 is 14.4 Å². The lowest BCUT2D eigenvalue weighted by atomic mass is 10.0. The monoisotopic (exact) mass is 358 g/mol. The number of imide groups is 1. The Hall–Kier alpha value is -2.41. The topological polar surface area (TPSA) is 81.8 Å². The number of carbonyl (C=O) groups is 3. The van der Waals surface area contributed by atoms with Crippen LogP contribution in [0.25, 0.3) is 0 Å². The molecule has 7 heteroatoms. The highest BCUT2D eigenvalue weighted by atomic mass is 16.2. The summed E-state index contributed by atoms with van der Waals surface area (Å²) in [5.41, 5.74) is 1.17. The predicted octanol–water partition coefficient (Wildman–Crippen LogP) is 1.27. The Balaban J connectivity index is 1.63. The molecule has 2 aliphatic rings. The van der Waals surface area contributed by atoms with E-state index in [2.05, 4.69) is 27.7 Å². The second-order valence-electron chi connectivity index (χ2n) is 6.82. The van der Waals surface area contributed by atoms with Gasteiger partial charge in [0.1, 0.15) is 6.54 Å². The number of likely N-dealkylation sites (tertiary alicyclic amines) is 1. The lowest BCUT2D eigenvalue weighted by Gasteiger charge is -2.31. The number of amides is 4. The minimum absolute atomic E-state index is 0.0352. The predicted molar refractivity (Wildman–Crippen MR) is 97.3 cm³/mol. The minimum atomic E-state index is -0.503. The van der Waals surface area contributed by atoms with E-state index >= 15 is 0 Å². The van der Waals surface area contributed by atoms with E-state index in [0.29, 0.717) is 6.54 Å². The van der Waals surface area contributed by atoms with Gasteiger partial charge >= 0.3 is 6.03 Å². The van der Waals surface area contributed by atoms with Crippen molar-refractivity contribution in [2.24, 2.45) is 0 Å². The zero-order valence-electron chi connectivity index (χ0n) is 14.9. The fourth-order valence-electron chi connectivity index (χ4n) is 3.57. The number of nitrogens with one attached hydrogen (secondary N) is 2. The Labute approximate surface area is 153 Å². The van der Waals surface area contributed by atoms with Crippen molar-refractivity contribution in [3.63, 3.8) is 0 Å². The Morgan fingerprint density at radius 2 is 1.77 bits per heavy atom. The average molecular weight is 358 g/mol. The Morgan fingerprint density at radius 1 is 1.08 bits per heavy atom. The molecule has 0 aromatic heterocycles. The van der Waals surface area contributed by atoms with Gasteiger partial charge in [-0.15, -0.1) is 0 Å². The van der Waals surface area contributed by atoms with E-state index in [1.165, 1.54) is 31.2 Å². The van der Waals surface area contributed by atoms with Gasteiger partial charge in [0.2, 0.25) is 5.91 Å². The Kier molecular flexibility index (Phi) is 6.22. The van der Waals surface area contributed by atoms with Crippen LogP contribution >= 0.6 is 0 Å². The van der Waals surface area contributed by atoms with E-state index < -0.39 is 6.03 Å². The third-order valence-electron chi connectivity index (χ3n) is 5.00. The quantitative estimate of drug-likeness (QED) is 0.751. The highest BCUT2D eigenvalue weighted by Gasteiger charge is 2.30. The Morgan fingerprint density at radius 3 is 2.38 bits per heavy atom. The molecular formula is C19H26N4O3. The van der Waals surface area contributed by atoms with Crippen LogP contribution in [0, 0.1) is 0 Å². The van der Waals surface area contributed by atoms with Crippen LogP contribution in [0.2, 0.25) is 0 Å². The first-order valence-corrected chi connectivity index (χ1v) is 9.29. The van der Waals surface area contributed by atoms with Gasteiger partial charge in [-0.05, 0) is 31.5 Å². The molecule has 0 radical (unpaired) electrons. The molecule has 26 heavy (non-hydrogen) atoms. The number of benzene rings is 1. The number of urea groups is 1. The van der Waals surface area contributed by atoms with E-state index in [4.69, 9.17) is 0 Å². The SMILES string of the molecule is O=C(CN1C(=O)CNC1=O)NC[C@@H](c1ccccc1)N1CCCCCC1. The van der Waals surface area contributed by atoms with E-state index in [1.807, 2.05) is 18.2 Å². The molecule has 140 valence electrons. The molecule has 2 fully saturated rings. The van der Waals surface area contributed by atoms with Crippen molar-refractivity contribution in [2.45, 2.75) is 31.7 Å². The number of rotatable bonds is 6. The van der Waals surface area contributed by atoms with Crippen LogP contribution in [0.1, 0.15) is 37.3 Å². The zero-order chi connectivity index (χ0) is 18.4. The summed E-state index contributed by atoms with van der Waals surface area (Å²) >= 11 is 0. The summed E-state index contributed by atoms with van der Waals surface area (Å²) in [5.74, 6) is -0.677. The molecular weight excluding hydrogens is 332 g/mol. The number of hydrogen-bond acceptors (Lipinski definition) is 4. The van der Waals surface area contributed by atoms with Crippen molar-refractivity contribution in [1.29, 1.82) is 0 Å². The first-order chi connectivity index (χ1) is 12.6. The fourth-order valence-corrected chi connectivity index (χ4v) is 3.57. The summed E-state index contributed by atoms with van der Waals surface area (Å²) in [7, 11) is 0. The average Bonchev–Trinajstić information content (AvgIpc) is 2.85. The summed E-state index contributed by atoms with van der Waals surface area (Å²) in [6, 6.07) is 9.76. The van der Waals surface area contributed by atoms with Gasteiger partial charge < -0.3 is 10.6 Å². The van der Waals surface area contributed by atoms with Gasteiger partial charge in [0.15, 0.2) is 0 Å². The van der Waals surface area contributed by atoms with Crippen molar-refractivity contribution in [1.82, 2.24) is 20.4 Å². The van der Waals surface area contributed by atoms with Crippen LogP contribution in [-0.4, -0.2) is 60.4 Å². The fraction of sp³-hybridized carbons (Fsp3) is 0.526. The highest BCUT2D eigenvalue weighted by molar-refractivity contribution is 6.04. The smallest absolute Gasteiger partial charge is 0.325 e. The van der Waals surface area contributed by atoms with Crippen LogP contribution < -0.4 is 10.6 Å². The summed E-state index contributed by atoms with van der Waals surface area (Å²) in [5, 5.41) is 5.34. The zero-order valence-corrected chi connectivity index (χ0v) is 14.9. The van der Waals surface area contributed by atoms with Crippen LogP contribution in [0.5, 0.6) is 0 Å². The first kappa shape index (κ1) is 18.4. The van der Waals surface area contributed by atoms with Gasteiger partial charge in [-0.2, -0.15) is 0 Å². The summed E-state index contributed by atoms with van der Waals surface area (Å²) in [6.45, 7) is 2.23. The number of hydrogen-bond donors (Lipinski definition) is 2. The summed E-state index contributed by atoms with van der Waals surface area (Å²) in [6.07, 6.45) is 4.83. The second-order valence-corrected chi connectivity index (χ2v) is 6.82. The van der Waals surface area contributed by atoms with Crippen LogP contribution in [-0.2, 0) is 9.59 Å². The van der Waals surface area contributed by atoms with E-state index in [0.717, 1.165) is 18.0 Å². The molecule has 2 heterocycles. The second kappa shape index (κ2) is 8.80. The van der Waals surface area contributed by atoms with Crippen molar-refractivity contribution in [3.8, 4) is 0 Å². The number of nitrogens with zero attached hydrogens (tertiary/aromatic N) is 2. The van der Waals surface area contributed by atoms with Gasteiger partial charge in [0.05, 0.1) is 12.6 Å². The molecule has 3 rings (SSSR count). The molecule has 2 saturated heterocycles. The molecule has 4 amide bonds. The van der Waals surface area contributed by atoms with Crippen molar-refractivity contribution in [2.75, 3.05) is 32.7 Å². The lowest BCUT2D eigenvalue weighted by molar-refractivity contribution is -0.130. The Bertz CT molecular complexity index is 625. The summed E-state index contributed by atoms with van der Waals surface area (Å²) < 4.78 is 0. The molecule has 0 bridgehead atoms. The minimum Gasteiger partial charge on any atom is -0.353 e. The maximum atomic E-state index is 12.3. The lowest BCUT2D eigenvalue weighted by Crippen LogP contribution is -2.44. The van der Waals surface area contributed by atoms with Gasteiger partial charge in [0.25, 0.3) is 5.91 Å². The third-order valence-corrected chi connectivity index (χ3v) is 5.00. The first-order valence-electron chi connectivity index (χ1n) is 9.29. The van der Waals surface area contributed by atoms with Crippen LogP contribution in [0.3, 0.4) is 0 Å². The van der Waals surface area contributed by atoms with E-state index in [1.54, 1.807) is 0 Å². The molecule has 0 aliphatic carbocycles. The van der Waals surface area contributed by atoms with Gasteiger partial charge in [-0.3, -0.25) is 19.4 Å². The maximum Gasteiger partial charge on any atom is 0.325 e. The van der Waals surface area contributed by atoms with Gasteiger partial charge in [-0.1, -0.05) is 43.2 Å². The molecule has 0 spiro atoms. The standard InChI is InChI=1S/C19H26N4O3/c24-17(14-23-18(25)13-21-19(23)26)20-12-16(15-8-4-3-5-9-15)22-10-6-1-2-7-11-22/h3-5,8-9,16H,1-2,6-7,10-14H2,(H,20,24)(H,21,26)/t16-/m0/s1. The molecule has 0 saturated carbocycles. The molecule has 1 aromatic rings. The molecule has 1 atom stereocenters. The molecule has 2 N–H and O–H groups in total. The van der Waals surface area contributed by atoms with E-state index in [9.17, 15) is 14.4 Å². The summed E-state index contributed by atoms with van der Waals surface area (Å²) in [4.78, 5) is 38.8. The highest BCUT2D eigenvalue weighted by Crippen LogP contribution is 2.23. The van der Waals surface area contributed by atoms with Crippen molar-refractivity contribution >= 4 is 17.8 Å². The van der Waals surface area contributed by atoms with Gasteiger partial charge in [0, 0.05) is 6.54 Å². The maximum absolute atomic E-state index is 12.3. The normalized spacial score (nSPS) is 19.8. The molecule has 1 aromatic carbocycles. The van der Waals surface area contributed by atoms with E-state index in [-0.39, 0.29) is 30.9 Å². The molecule has 0 unspecified atom stereocenters. The van der Waals surface area contributed by atoms with Crippen molar-refractivity contribution in [3.05, 3.63) is 35.9 Å². The third kappa shape index (κ3) is 4.60. The van der Waals surface area contributed by atoms with Crippen LogP contribution in [0.15, 0.2) is 30.3 Å². The number of carbonyl (C=O) groups excluding carboxylic acids is 3.